The third-order valence-electron chi connectivity index (χ3n) is 4.21. The number of rotatable bonds is 3. The first kappa shape index (κ1) is 16.7. The van der Waals surface area contributed by atoms with E-state index in [1.54, 1.807) is 18.3 Å². The average molecular weight is 332 g/mol. The number of fused-ring (bicyclic) bond motifs is 1. The summed E-state index contributed by atoms with van der Waals surface area (Å²) in [6.45, 7) is 6.07. The van der Waals surface area contributed by atoms with Crippen LogP contribution in [0.25, 0.3) is 10.8 Å². The first-order chi connectivity index (χ1) is 12.0. The maximum absolute atomic E-state index is 12.3. The van der Waals surface area contributed by atoms with Gasteiger partial charge in [-0.1, -0.05) is 42.0 Å². The molecule has 3 aromatic carbocycles. The van der Waals surface area contributed by atoms with Gasteiger partial charge in [-0.05, 0) is 54.8 Å². The fraction of sp³-hybridized carbons (Fsp3) is 0.143. The highest BCUT2D eigenvalue weighted by Crippen LogP contribution is 2.24. The van der Waals surface area contributed by atoms with Crippen LogP contribution in [0.2, 0.25) is 0 Å². The molecule has 0 aromatic heterocycles. The molecule has 0 aliphatic rings. The minimum atomic E-state index is -0.443. The van der Waals surface area contributed by atoms with Gasteiger partial charge in [-0.2, -0.15) is 5.10 Å². The summed E-state index contributed by atoms with van der Waals surface area (Å²) in [6, 6.07) is 15.0. The molecule has 0 bridgehead atoms. The highest BCUT2D eigenvalue weighted by atomic mass is 16.3. The quantitative estimate of drug-likeness (QED) is 0.557. The number of phenols is 1. The SMILES string of the molecule is Cc1cc(C)c(/C=N/NC(=O)c2cc3ccccc3cc2O)c(C)c1. The maximum Gasteiger partial charge on any atom is 0.275 e. The second-order valence-corrected chi connectivity index (χ2v) is 6.23. The second-order valence-electron chi connectivity index (χ2n) is 6.23. The van der Waals surface area contributed by atoms with E-state index in [4.69, 9.17) is 0 Å². The van der Waals surface area contributed by atoms with Crippen molar-refractivity contribution < 1.29 is 9.90 Å². The molecule has 4 nitrogen and oxygen atoms in total. The van der Waals surface area contributed by atoms with Gasteiger partial charge >= 0.3 is 0 Å². The number of nitrogens with one attached hydrogen (secondary N) is 1. The number of carbonyl (C=O) groups excluding carboxylic acids is 1. The van der Waals surface area contributed by atoms with E-state index in [0.717, 1.165) is 27.5 Å². The largest absolute Gasteiger partial charge is 0.507 e. The summed E-state index contributed by atoms with van der Waals surface area (Å²) >= 11 is 0. The maximum atomic E-state index is 12.3. The van der Waals surface area contributed by atoms with E-state index < -0.39 is 5.91 Å². The van der Waals surface area contributed by atoms with Crippen molar-refractivity contribution in [3.05, 3.63) is 76.3 Å². The van der Waals surface area contributed by atoms with E-state index in [2.05, 4.69) is 22.7 Å². The van der Waals surface area contributed by atoms with Gasteiger partial charge < -0.3 is 5.11 Å². The Morgan fingerprint density at radius 1 is 1.00 bits per heavy atom. The Hall–Kier alpha value is -3.14. The average Bonchev–Trinajstić information content (AvgIpc) is 2.56. The van der Waals surface area contributed by atoms with Gasteiger partial charge in [-0.25, -0.2) is 5.43 Å². The third-order valence-corrected chi connectivity index (χ3v) is 4.21. The minimum absolute atomic E-state index is 0.0610. The molecule has 0 aliphatic heterocycles. The summed E-state index contributed by atoms with van der Waals surface area (Å²) in [4.78, 5) is 12.3. The molecule has 4 heteroatoms. The monoisotopic (exact) mass is 332 g/mol. The van der Waals surface area contributed by atoms with E-state index in [1.165, 1.54) is 5.56 Å². The van der Waals surface area contributed by atoms with Crippen molar-refractivity contribution in [1.82, 2.24) is 5.43 Å². The summed E-state index contributed by atoms with van der Waals surface area (Å²) in [5.74, 6) is -0.504. The fourth-order valence-corrected chi connectivity index (χ4v) is 3.02. The predicted molar refractivity (Wildman–Crippen MR) is 101 cm³/mol. The van der Waals surface area contributed by atoms with Crippen LogP contribution in [0.4, 0.5) is 0 Å². The number of nitrogens with zero attached hydrogens (tertiary/aromatic N) is 1. The zero-order valence-corrected chi connectivity index (χ0v) is 14.5. The number of phenolic OH excluding ortho intramolecular Hbond substituents is 1. The van der Waals surface area contributed by atoms with E-state index in [0.29, 0.717) is 0 Å². The molecule has 0 saturated heterocycles. The Balaban J connectivity index is 1.82. The standard InChI is InChI=1S/C21H20N2O2/c1-13-8-14(2)19(15(3)9-13)12-22-23-21(25)18-10-16-6-4-5-7-17(16)11-20(18)24/h4-12,24H,1-3H3,(H,23,25)/b22-12+. The van der Waals surface area contributed by atoms with E-state index in [1.807, 2.05) is 45.0 Å². The molecular weight excluding hydrogens is 312 g/mol. The molecule has 1 amide bonds. The predicted octanol–water partition coefficient (Wildman–Crippen LogP) is 4.23. The lowest BCUT2D eigenvalue weighted by atomic mass is 10.0. The van der Waals surface area contributed by atoms with Crippen LogP contribution in [0.5, 0.6) is 5.75 Å². The third kappa shape index (κ3) is 3.53. The number of amides is 1. The number of hydrogen-bond donors (Lipinski definition) is 2. The molecule has 0 aliphatic carbocycles. The Morgan fingerprint density at radius 3 is 2.24 bits per heavy atom. The number of aromatic hydroxyl groups is 1. The van der Waals surface area contributed by atoms with Crippen LogP contribution in [0.3, 0.4) is 0 Å². The van der Waals surface area contributed by atoms with Crippen LogP contribution < -0.4 is 5.43 Å². The normalized spacial score (nSPS) is 11.2. The number of hydrazone groups is 1. The van der Waals surface area contributed by atoms with Gasteiger partial charge in [0.2, 0.25) is 0 Å². The van der Waals surface area contributed by atoms with Gasteiger partial charge in [0.15, 0.2) is 0 Å². The molecular formula is C21H20N2O2. The van der Waals surface area contributed by atoms with Crippen LogP contribution in [0.1, 0.15) is 32.6 Å². The second kappa shape index (κ2) is 6.77. The van der Waals surface area contributed by atoms with Crippen molar-refractivity contribution in [3.8, 4) is 5.75 Å². The summed E-state index contributed by atoms with van der Waals surface area (Å²) in [5, 5.41) is 15.9. The van der Waals surface area contributed by atoms with E-state index in [9.17, 15) is 9.90 Å². The highest BCUT2D eigenvalue weighted by Gasteiger charge is 2.11. The molecule has 0 spiro atoms. The molecule has 0 fully saturated rings. The van der Waals surface area contributed by atoms with Crippen LogP contribution in [0.15, 0.2) is 53.6 Å². The molecule has 0 atom stereocenters. The highest BCUT2D eigenvalue weighted by molar-refractivity contribution is 6.01. The van der Waals surface area contributed by atoms with Gasteiger partial charge in [0.25, 0.3) is 5.91 Å². The summed E-state index contributed by atoms with van der Waals surface area (Å²) in [5.41, 5.74) is 7.07. The van der Waals surface area contributed by atoms with Gasteiger partial charge in [0, 0.05) is 5.56 Å². The van der Waals surface area contributed by atoms with Crippen LogP contribution in [-0.2, 0) is 0 Å². The Bertz CT molecular complexity index is 967. The Kier molecular flexibility index (Phi) is 4.52. The van der Waals surface area contributed by atoms with E-state index >= 15 is 0 Å². The first-order valence-electron chi connectivity index (χ1n) is 8.08. The summed E-state index contributed by atoms with van der Waals surface area (Å²) in [7, 11) is 0. The number of carbonyl (C=O) groups is 1. The Labute approximate surface area is 146 Å². The van der Waals surface area contributed by atoms with Crippen LogP contribution in [-0.4, -0.2) is 17.2 Å². The van der Waals surface area contributed by atoms with Crippen molar-refractivity contribution in [2.24, 2.45) is 5.10 Å². The van der Waals surface area contributed by atoms with Crippen molar-refractivity contribution in [3.63, 3.8) is 0 Å². The lowest BCUT2D eigenvalue weighted by Crippen LogP contribution is -2.18. The fourth-order valence-electron chi connectivity index (χ4n) is 3.02. The zero-order valence-electron chi connectivity index (χ0n) is 14.5. The number of aryl methyl sites for hydroxylation is 3. The van der Waals surface area contributed by atoms with Gasteiger partial charge in [0.1, 0.15) is 5.75 Å². The molecule has 0 saturated carbocycles. The molecule has 25 heavy (non-hydrogen) atoms. The van der Waals surface area contributed by atoms with Crippen molar-refractivity contribution in [2.45, 2.75) is 20.8 Å². The van der Waals surface area contributed by atoms with Gasteiger partial charge in [0.05, 0.1) is 11.8 Å². The smallest absolute Gasteiger partial charge is 0.275 e. The Morgan fingerprint density at radius 2 is 1.60 bits per heavy atom. The van der Waals surface area contributed by atoms with Gasteiger partial charge in [-0.15, -0.1) is 0 Å². The van der Waals surface area contributed by atoms with Crippen molar-refractivity contribution >= 4 is 22.9 Å². The number of hydrogen-bond acceptors (Lipinski definition) is 3. The lowest BCUT2D eigenvalue weighted by molar-refractivity contribution is 0.0952. The lowest BCUT2D eigenvalue weighted by Gasteiger charge is -2.07. The molecule has 0 heterocycles. The zero-order chi connectivity index (χ0) is 18.0. The van der Waals surface area contributed by atoms with Gasteiger partial charge in [-0.3, -0.25) is 4.79 Å². The molecule has 3 rings (SSSR count). The molecule has 2 N–H and O–H groups in total. The molecule has 126 valence electrons. The van der Waals surface area contributed by atoms with E-state index in [-0.39, 0.29) is 11.3 Å². The van der Waals surface area contributed by atoms with Crippen molar-refractivity contribution in [2.75, 3.05) is 0 Å². The number of benzene rings is 3. The van der Waals surface area contributed by atoms with Crippen LogP contribution in [0, 0.1) is 20.8 Å². The molecule has 0 radical (unpaired) electrons. The minimum Gasteiger partial charge on any atom is -0.507 e. The topological polar surface area (TPSA) is 61.7 Å². The summed E-state index contributed by atoms with van der Waals surface area (Å²) in [6.07, 6.45) is 1.64. The molecule has 0 unspecified atom stereocenters. The van der Waals surface area contributed by atoms with Crippen molar-refractivity contribution in [1.29, 1.82) is 0 Å². The summed E-state index contributed by atoms with van der Waals surface area (Å²) < 4.78 is 0. The van der Waals surface area contributed by atoms with Crippen LogP contribution >= 0.6 is 0 Å². The first-order valence-corrected chi connectivity index (χ1v) is 8.08. The molecule has 3 aromatic rings.